The van der Waals surface area contributed by atoms with E-state index in [2.05, 4.69) is 5.32 Å². The lowest BCUT2D eigenvalue weighted by Gasteiger charge is -2.07. The number of hydrogen-bond acceptors (Lipinski definition) is 1. The van der Waals surface area contributed by atoms with Crippen molar-refractivity contribution in [2.75, 3.05) is 5.32 Å². The third-order valence-corrected chi connectivity index (χ3v) is 3.95. The maximum Gasteiger partial charge on any atom is 0.228 e. The van der Waals surface area contributed by atoms with Crippen molar-refractivity contribution in [1.29, 1.82) is 0 Å². The molecule has 104 valence electrons. The third kappa shape index (κ3) is 3.89. The van der Waals surface area contributed by atoms with E-state index in [-0.39, 0.29) is 12.3 Å². The van der Waals surface area contributed by atoms with Crippen LogP contribution in [0, 0.1) is 6.92 Å². The summed E-state index contributed by atoms with van der Waals surface area (Å²) in [5, 5.41) is 4.33. The summed E-state index contributed by atoms with van der Waals surface area (Å²) in [6.45, 7) is 1.91. The zero-order valence-electron chi connectivity index (χ0n) is 10.7. The van der Waals surface area contributed by atoms with Gasteiger partial charge in [-0.25, -0.2) is 0 Å². The van der Waals surface area contributed by atoms with Gasteiger partial charge >= 0.3 is 0 Å². The monoisotopic (exact) mass is 327 g/mol. The smallest absolute Gasteiger partial charge is 0.228 e. The van der Waals surface area contributed by atoms with Crippen LogP contribution in [0.15, 0.2) is 36.4 Å². The zero-order chi connectivity index (χ0) is 14.7. The van der Waals surface area contributed by atoms with E-state index in [0.29, 0.717) is 20.8 Å². The summed E-state index contributed by atoms with van der Waals surface area (Å²) in [4.78, 5) is 11.9. The Morgan fingerprint density at radius 3 is 2.40 bits per heavy atom. The number of halogens is 3. The molecule has 0 bridgehead atoms. The second-order valence-electron chi connectivity index (χ2n) is 4.44. The molecule has 2 nitrogen and oxygen atoms in total. The van der Waals surface area contributed by atoms with Crippen molar-refractivity contribution in [3.8, 4) is 0 Å². The van der Waals surface area contributed by atoms with Crippen molar-refractivity contribution in [1.82, 2.24) is 0 Å². The first-order valence-corrected chi connectivity index (χ1v) is 7.09. The fourth-order valence-electron chi connectivity index (χ4n) is 1.71. The maximum absolute atomic E-state index is 11.9. The lowest BCUT2D eigenvalue weighted by Crippen LogP contribution is -2.14. The largest absolute Gasteiger partial charge is 0.326 e. The summed E-state index contributed by atoms with van der Waals surface area (Å²) in [6, 6.07) is 10.5. The van der Waals surface area contributed by atoms with E-state index in [1.165, 1.54) is 0 Å². The fourth-order valence-corrected chi connectivity index (χ4v) is 2.21. The molecule has 0 atom stereocenters. The number of nitrogens with one attached hydrogen (secondary N) is 1. The number of benzene rings is 2. The van der Waals surface area contributed by atoms with Gasteiger partial charge in [0.1, 0.15) is 0 Å². The zero-order valence-corrected chi connectivity index (χ0v) is 13.0. The van der Waals surface area contributed by atoms with Crippen molar-refractivity contribution >= 4 is 46.4 Å². The van der Waals surface area contributed by atoms with E-state index in [1.807, 2.05) is 19.1 Å². The third-order valence-electron chi connectivity index (χ3n) is 2.80. The Bertz CT molecular complexity index is 600. The molecule has 0 aromatic heterocycles. The van der Waals surface area contributed by atoms with Crippen molar-refractivity contribution < 1.29 is 4.79 Å². The standard InChI is InChI=1S/C15H12Cl3NO/c1-9-2-4-11(8-13(9)17)19-15(20)7-10-3-5-12(16)14(18)6-10/h2-6,8H,7H2,1H3,(H,19,20). The normalized spacial score (nSPS) is 10.4. The van der Waals surface area contributed by atoms with Gasteiger partial charge in [0.15, 0.2) is 0 Å². The average Bonchev–Trinajstić information content (AvgIpc) is 2.38. The molecule has 2 aromatic rings. The highest BCUT2D eigenvalue weighted by molar-refractivity contribution is 6.42. The van der Waals surface area contributed by atoms with E-state index in [1.54, 1.807) is 24.3 Å². The van der Waals surface area contributed by atoms with E-state index in [9.17, 15) is 4.79 Å². The molecule has 2 rings (SSSR count). The summed E-state index contributed by atoms with van der Waals surface area (Å²) in [7, 11) is 0. The van der Waals surface area contributed by atoms with Crippen molar-refractivity contribution in [2.24, 2.45) is 0 Å². The highest BCUT2D eigenvalue weighted by atomic mass is 35.5. The predicted octanol–water partition coefficient (Wildman–Crippen LogP) is 5.14. The topological polar surface area (TPSA) is 29.1 Å². The number of amides is 1. The summed E-state index contributed by atoms with van der Waals surface area (Å²) in [6.07, 6.45) is 0.225. The molecule has 0 unspecified atom stereocenters. The van der Waals surface area contributed by atoms with Crippen LogP contribution in [0.5, 0.6) is 0 Å². The Morgan fingerprint density at radius 2 is 1.75 bits per heavy atom. The molecule has 1 N–H and O–H groups in total. The van der Waals surface area contributed by atoms with E-state index in [0.717, 1.165) is 11.1 Å². The highest BCUT2D eigenvalue weighted by Gasteiger charge is 2.07. The Hall–Kier alpha value is -1.22. The Kier molecular flexibility index (Phi) is 4.92. The van der Waals surface area contributed by atoms with Crippen LogP contribution in [0.1, 0.15) is 11.1 Å². The van der Waals surface area contributed by atoms with Gasteiger partial charge in [-0.1, -0.05) is 46.9 Å². The summed E-state index contributed by atoms with van der Waals surface area (Å²) < 4.78 is 0. The van der Waals surface area contributed by atoms with Crippen molar-refractivity contribution in [2.45, 2.75) is 13.3 Å². The van der Waals surface area contributed by atoms with E-state index >= 15 is 0 Å². The molecule has 0 fully saturated rings. The number of hydrogen-bond donors (Lipinski definition) is 1. The molecule has 0 spiro atoms. The molecule has 0 aliphatic heterocycles. The van der Waals surface area contributed by atoms with Crippen LogP contribution in [-0.2, 0) is 11.2 Å². The summed E-state index contributed by atoms with van der Waals surface area (Å²) in [5.41, 5.74) is 2.44. The first-order chi connectivity index (χ1) is 9.45. The second kappa shape index (κ2) is 6.49. The van der Waals surface area contributed by atoms with Crippen molar-refractivity contribution in [3.05, 3.63) is 62.6 Å². The van der Waals surface area contributed by atoms with Gasteiger partial charge in [0.05, 0.1) is 16.5 Å². The number of carbonyl (C=O) groups excluding carboxylic acids is 1. The lowest BCUT2D eigenvalue weighted by molar-refractivity contribution is -0.115. The van der Waals surface area contributed by atoms with Gasteiger partial charge in [0, 0.05) is 10.7 Å². The molecule has 20 heavy (non-hydrogen) atoms. The molecular weight excluding hydrogens is 317 g/mol. The minimum atomic E-state index is -0.136. The van der Waals surface area contributed by atoms with E-state index in [4.69, 9.17) is 34.8 Å². The van der Waals surface area contributed by atoms with Crippen LogP contribution in [-0.4, -0.2) is 5.91 Å². The number of rotatable bonds is 3. The molecule has 0 radical (unpaired) electrons. The summed E-state index contributed by atoms with van der Waals surface area (Å²) >= 11 is 17.8. The van der Waals surface area contributed by atoms with Gasteiger partial charge in [-0.15, -0.1) is 0 Å². The van der Waals surface area contributed by atoms with Crippen LogP contribution in [0.3, 0.4) is 0 Å². The minimum absolute atomic E-state index is 0.136. The summed E-state index contributed by atoms with van der Waals surface area (Å²) in [5.74, 6) is -0.136. The van der Waals surface area contributed by atoms with Crippen LogP contribution in [0.4, 0.5) is 5.69 Å². The lowest BCUT2D eigenvalue weighted by atomic mass is 10.1. The molecule has 0 saturated carbocycles. The predicted molar refractivity (Wildman–Crippen MR) is 85.0 cm³/mol. The van der Waals surface area contributed by atoms with Gasteiger partial charge in [-0.2, -0.15) is 0 Å². The Labute approximate surface area is 132 Å². The first-order valence-electron chi connectivity index (χ1n) is 5.95. The van der Waals surface area contributed by atoms with Gasteiger partial charge < -0.3 is 5.32 Å². The van der Waals surface area contributed by atoms with Crippen LogP contribution < -0.4 is 5.32 Å². The molecule has 0 aliphatic carbocycles. The maximum atomic E-state index is 11.9. The molecule has 5 heteroatoms. The Balaban J connectivity index is 2.04. The number of carbonyl (C=O) groups is 1. The van der Waals surface area contributed by atoms with Gasteiger partial charge in [-0.3, -0.25) is 4.79 Å². The van der Waals surface area contributed by atoms with Crippen molar-refractivity contribution in [3.63, 3.8) is 0 Å². The molecule has 1 amide bonds. The quantitative estimate of drug-likeness (QED) is 0.830. The SMILES string of the molecule is Cc1ccc(NC(=O)Cc2ccc(Cl)c(Cl)c2)cc1Cl. The number of anilines is 1. The highest BCUT2D eigenvalue weighted by Crippen LogP contribution is 2.23. The molecule has 0 aliphatic rings. The second-order valence-corrected chi connectivity index (χ2v) is 5.66. The van der Waals surface area contributed by atoms with Gasteiger partial charge in [0.25, 0.3) is 0 Å². The van der Waals surface area contributed by atoms with Gasteiger partial charge in [0.2, 0.25) is 5.91 Å². The minimum Gasteiger partial charge on any atom is -0.326 e. The average molecular weight is 329 g/mol. The molecule has 0 heterocycles. The van der Waals surface area contributed by atoms with Gasteiger partial charge in [-0.05, 0) is 42.3 Å². The first kappa shape index (κ1) is 15.2. The molecular formula is C15H12Cl3NO. The van der Waals surface area contributed by atoms with E-state index < -0.39 is 0 Å². The van der Waals surface area contributed by atoms with Crippen LogP contribution >= 0.6 is 34.8 Å². The number of aryl methyl sites for hydroxylation is 1. The Morgan fingerprint density at radius 1 is 1.00 bits per heavy atom. The van der Waals surface area contributed by atoms with Crippen LogP contribution in [0.25, 0.3) is 0 Å². The molecule has 2 aromatic carbocycles. The molecule has 0 saturated heterocycles. The van der Waals surface area contributed by atoms with Crippen LogP contribution in [0.2, 0.25) is 15.1 Å². The fraction of sp³-hybridized carbons (Fsp3) is 0.133.